The minimum absolute atomic E-state index is 0.806. The van der Waals surface area contributed by atoms with Crippen LogP contribution in [0.2, 0.25) is 0 Å². The number of unbranched alkanes of at least 4 members (excludes halogenated alkanes) is 3. The Morgan fingerprint density at radius 2 is 1.81 bits per heavy atom. The number of hydrogen-bond donors (Lipinski definition) is 0. The van der Waals surface area contributed by atoms with Gasteiger partial charge in [-0.25, -0.2) is 0 Å². The third-order valence-electron chi connectivity index (χ3n) is 4.19. The summed E-state index contributed by atoms with van der Waals surface area (Å²) in [5.41, 5.74) is 0. The molecule has 0 saturated heterocycles. The summed E-state index contributed by atoms with van der Waals surface area (Å²) in [5, 5.41) is 0. The third kappa shape index (κ3) is 12.5. The molecule has 0 saturated carbocycles. The van der Waals surface area contributed by atoms with Crippen LogP contribution in [0.3, 0.4) is 0 Å². The van der Waals surface area contributed by atoms with Crippen molar-refractivity contribution in [3.8, 4) is 11.8 Å². The second-order valence-corrected chi connectivity index (χ2v) is 6.07. The Kier molecular flexibility index (Phi) is 14.7. The fourth-order valence-corrected chi connectivity index (χ4v) is 2.71. The van der Waals surface area contributed by atoms with Gasteiger partial charge in [-0.2, -0.15) is 0 Å². The van der Waals surface area contributed by atoms with Crippen LogP contribution in [-0.4, -0.2) is 0 Å². The van der Waals surface area contributed by atoms with Crippen molar-refractivity contribution in [2.24, 2.45) is 11.8 Å². The summed E-state index contributed by atoms with van der Waals surface area (Å²) in [5.74, 6) is 7.93. The lowest BCUT2D eigenvalue weighted by Gasteiger charge is -2.22. The maximum Gasteiger partial charge on any atom is 0.0269 e. The predicted octanol–water partition coefficient (Wildman–Crippen LogP) is 6.93. The lowest BCUT2D eigenvalue weighted by molar-refractivity contribution is 0.312. The normalized spacial score (nSPS) is 13.7. The van der Waals surface area contributed by atoms with Gasteiger partial charge in [-0.05, 0) is 31.1 Å². The molecule has 0 aromatic carbocycles. The van der Waals surface area contributed by atoms with E-state index >= 15 is 0 Å². The molecule has 0 heteroatoms. The van der Waals surface area contributed by atoms with Crippen LogP contribution in [0, 0.1) is 23.7 Å². The van der Waals surface area contributed by atoms with Gasteiger partial charge in [-0.15, -0.1) is 12.5 Å². The molecule has 120 valence electrons. The van der Waals surface area contributed by atoms with Crippen LogP contribution in [0.1, 0.15) is 85.0 Å². The van der Waals surface area contributed by atoms with Gasteiger partial charge in [-0.3, -0.25) is 0 Å². The van der Waals surface area contributed by atoms with E-state index < -0.39 is 0 Å². The van der Waals surface area contributed by atoms with Gasteiger partial charge < -0.3 is 0 Å². The highest BCUT2D eigenvalue weighted by atomic mass is 14.2. The molecule has 0 aromatic heterocycles. The molecular weight excluding hydrogens is 252 g/mol. The molecule has 0 aliphatic heterocycles. The van der Waals surface area contributed by atoms with Crippen molar-refractivity contribution in [1.82, 2.24) is 0 Å². The maximum atomic E-state index is 3.87. The predicted molar refractivity (Wildman–Crippen MR) is 97.3 cm³/mol. The molecule has 0 amide bonds. The van der Waals surface area contributed by atoms with Crippen molar-refractivity contribution in [2.45, 2.75) is 85.0 Å². The summed E-state index contributed by atoms with van der Waals surface area (Å²) < 4.78 is 0. The lowest BCUT2D eigenvalue weighted by Crippen LogP contribution is -2.11. The van der Waals surface area contributed by atoms with Crippen LogP contribution in [0.4, 0.5) is 0 Å². The molecule has 0 spiro atoms. The van der Waals surface area contributed by atoms with E-state index in [1.54, 1.807) is 0 Å². The van der Waals surface area contributed by atoms with Crippen molar-refractivity contribution in [1.29, 1.82) is 0 Å². The van der Waals surface area contributed by atoms with Crippen LogP contribution in [0.15, 0.2) is 24.8 Å². The molecule has 0 N–H and O–H groups in total. The van der Waals surface area contributed by atoms with Crippen molar-refractivity contribution >= 4 is 0 Å². The highest BCUT2D eigenvalue weighted by molar-refractivity contribution is 5.04. The first-order valence-electron chi connectivity index (χ1n) is 8.97. The van der Waals surface area contributed by atoms with Gasteiger partial charge in [-0.1, -0.05) is 77.0 Å². The van der Waals surface area contributed by atoms with Crippen LogP contribution >= 0.6 is 0 Å². The largest absolute Gasteiger partial charge is 0.103 e. The summed E-state index contributed by atoms with van der Waals surface area (Å²) in [6.45, 7) is 10.7. The Labute approximate surface area is 134 Å². The standard InChI is InChI=1S/C21H36/c1-5-8-11-13-14-16-19-21(18-10-7-3)20(4)17-15-12-9-6-2/h7,14,16,20-21H,3,5-6,9-10,12-13,15,17-19H2,1-2,4H3. The van der Waals surface area contributed by atoms with Gasteiger partial charge in [0.2, 0.25) is 0 Å². The Hall–Kier alpha value is -0.960. The molecule has 2 atom stereocenters. The van der Waals surface area contributed by atoms with E-state index in [2.05, 4.69) is 57.4 Å². The summed E-state index contributed by atoms with van der Waals surface area (Å²) in [6.07, 6.45) is 19.1. The fraction of sp³-hybridized carbons (Fsp3) is 0.714. The molecule has 2 unspecified atom stereocenters. The molecule has 0 aliphatic rings. The topological polar surface area (TPSA) is 0 Å². The number of rotatable bonds is 12. The highest BCUT2D eigenvalue weighted by Gasteiger charge is 2.14. The van der Waals surface area contributed by atoms with Crippen molar-refractivity contribution in [2.75, 3.05) is 0 Å². The monoisotopic (exact) mass is 288 g/mol. The van der Waals surface area contributed by atoms with E-state index in [0.717, 1.165) is 31.1 Å². The minimum Gasteiger partial charge on any atom is -0.103 e. The first-order valence-corrected chi connectivity index (χ1v) is 8.97. The van der Waals surface area contributed by atoms with E-state index in [0.29, 0.717) is 0 Å². The molecule has 0 fully saturated rings. The molecule has 0 radical (unpaired) electrons. The smallest absolute Gasteiger partial charge is 0.0269 e. The molecule has 21 heavy (non-hydrogen) atoms. The summed E-state index contributed by atoms with van der Waals surface area (Å²) in [6, 6.07) is 0. The van der Waals surface area contributed by atoms with E-state index in [1.165, 1.54) is 44.9 Å². The summed E-state index contributed by atoms with van der Waals surface area (Å²) in [7, 11) is 0. The molecule has 0 aromatic rings. The van der Waals surface area contributed by atoms with Crippen LogP contribution in [0.5, 0.6) is 0 Å². The average molecular weight is 289 g/mol. The Morgan fingerprint density at radius 3 is 2.48 bits per heavy atom. The summed E-state index contributed by atoms with van der Waals surface area (Å²) >= 11 is 0. The van der Waals surface area contributed by atoms with Gasteiger partial charge in [0.1, 0.15) is 0 Å². The quantitative estimate of drug-likeness (QED) is 0.207. The van der Waals surface area contributed by atoms with Crippen molar-refractivity contribution < 1.29 is 0 Å². The van der Waals surface area contributed by atoms with Gasteiger partial charge >= 0.3 is 0 Å². The van der Waals surface area contributed by atoms with Crippen molar-refractivity contribution in [3.63, 3.8) is 0 Å². The number of hydrogen-bond acceptors (Lipinski definition) is 0. The molecule has 0 heterocycles. The fourth-order valence-electron chi connectivity index (χ4n) is 2.71. The molecule has 0 rings (SSSR count). The van der Waals surface area contributed by atoms with Crippen LogP contribution < -0.4 is 0 Å². The number of allylic oxidation sites excluding steroid dienone is 3. The Morgan fingerprint density at radius 1 is 1.00 bits per heavy atom. The van der Waals surface area contributed by atoms with Gasteiger partial charge in [0.25, 0.3) is 0 Å². The Bertz CT molecular complexity index is 313. The van der Waals surface area contributed by atoms with E-state index in [9.17, 15) is 0 Å². The zero-order chi connectivity index (χ0) is 15.8. The second-order valence-electron chi connectivity index (χ2n) is 6.07. The van der Waals surface area contributed by atoms with E-state index in [1.807, 2.05) is 0 Å². The van der Waals surface area contributed by atoms with Crippen LogP contribution in [-0.2, 0) is 0 Å². The van der Waals surface area contributed by atoms with Gasteiger partial charge in [0.05, 0.1) is 0 Å². The molecule has 0 aliphatic carbocycles. The van der Waals surface area contributed by atoms with Crippen molar-refractivity contribution in [3.05, 3.63) is 24.8 Å². The van der Waals surface area contributed by atoms with E-state index in [-0.39, 0.29) is 0 Å². The Balaban J connectivity index is 4.12. The SMILES string of the molecule is C=CCCC(CC=CCC#CCC)C(C)CCCCCC. The zero-order valence-electron chi connectivity index (χ0n) is 14.7. The minimum atomic E-state index is 0.806. The zero-order valence-corrected chi connectivity index (χ0v) is 14.7. The van der Waals surface area contributed by atoms with Crippen LogP contribution in [0.25, 0.3) is 0 Å². The third-order valence-corrected chi connectivity index (χ3v) is 4.19. The average Bonchev–Trinajstić information content (AvgIpc) is 2.50. The highest BCUT2D eigenvalue weighted by Crippen LogP contribution is 2.27. The lowest BCUT2D eigenvalue weighted by atomic mass is 9.83. The summed E-state index contributed by atoms with van der Waals surface area (Å²) in [4.78, 5) is 0. The second kappa shape index (κ2) is 15.4. The van der Waals surface area contributed by atoms with Gasteiger partial charge in [0, 0.05) is 12.8 Å². The molecular formula is C21H36. The van der Waals surface area contributed by atoms with Gasteiger partial charge in [0.15, 0.2) is 0 Å². The first-order chi connectivity index (χ1) is 10.3. The maximum absolute atomic E-state index is 3.87. The molecule has 0 nitrogen and oxygen atoms in total. The first kappa shape index (κ1) is 20.0. The van der Waals surface area contributed by atoms with E-state index in [4.69, 9.17) is 0 Å². The molecule has 0 bridgehead atoms.